The average Bonchev–Trinajstić information content (AvgIpc) is 2.28. The fourth-order valence-corrected chi connectivity index (χ4v) is 1.41. The number of rotatable bonds is 4. The van der Waals surface area contributed by atoms with Gasteiger partial charge in [0.2, 0.25) is 0 Å². The fraction of sp³-hybridized carbons (Fsp3) is 0.333. The second-order valence-electron chi connectivity index (χ2n) is 3.13. The van der Waals surface area contributed by atoms with Crippen LogP contribution in [-0.4, -0.2) is 28.0 Å². The second kappa shape index (κ2) is 5.58. The van der Waals surface area contributed by atoms with Gasteiger partial charge < -0.3 is 15.3 Å². The molecular weight excluding hydrogens is 234 g/mol. The Bertz CT molecular complexity index is 420. The van der Waals surface area contributed by atoms with Gasteiger partial charge in [0.25, 0.3) is 0 Å². The highest BCUT2D eigenvalue weighted by molar-refractivity contribution is 6.31. The third-order valence-corrected chi connectivity index (χ3v) is 2.34. The molecule has 86 valence electrons. The zero-order chi connectivity index (χ0) is 12.1. The third-order valence-electron chi connectivity index (χ3n) is 1.99. The van der Waals surface area contributed by atoms with E-state index in [0.717, 1.165) is 0 Å². The van der Waals surface area contributed by atoms with Crippen molar-refractivity contribution in [3.8, 4) is 5.75 Å². The summed E-state index contributed by atoms with van der Waals surface area (Å²) in [7, 11) is 0. The van der Waals surface area contributed by atoms with Crippen LogP contribution in [-0.2, 0) is 0 Å². The molecule has 0 aromatic heterocycles. The molecule has 0 aliphatic heterocycles. The molecule has 0 radical (unpaired) electrons. The monoisotopic (exact) mass is 243 g/mol. The first-order valence-electron chi connectivity index (χ1n) is 4.41. The SMILES string of the molecule is [N-]=[N+]=NCC(O)C(O)c1cc(O)ccc1Cl. The fourth-order valence-electron chi connectivity index (χ4n) is 1.19. The molecule has 3 N–H and O–H groups in total. The number of hydrogen-bond donors (Lipinski definition) is 3. The van der Waals surface area contributed by atoms with Gasteiger partial charge >= 0.3 is 0 Å². The van der Waals surface area contributed by atoms with E-state index >= 15 is 0 Å². The van der Waals surface area contributed by atoms with Gasteiger partial charge in [0.15, 0.2) is 0 Å². The number of azide groups is 1. The Morgan fingerprint density at radius 1 is 1.44 bits per heavy atom. The maximum Gasteiger partial charge on any atom is 0.116 e. The van der Waals surface area contributed by atoms with E-state index in [0.29, 0.717) is 0 Å². The lowest BCUT2D eigenvalue weighted by Crippen LogP contribution is -2.21. The van der Waals surface area contributed by atoms with Crippen LogP contribution in [0.15, 0.2) is 23.3 Å². The van der Waals surface area contributed by atoms with Crippen LogP contribution in [0.5, 0.6) is 5.75 Å². The average molecular weight is 244 g/mol. The van der Waals surface area contributed by atoms with Crippen molar-refractivity contribution in [1.82, 2.24) is 0 Å². The zero-order valence-corrected chi connectivity index (χ0v) is 8.91. The summed E-state index contributed by atoms with van der Waals surface area (Å²) >= 11 is 5.78. The summed E-state index contributed by atoms with van der Waals surface area (Å²) in [6.45, 7) is -0.274. The highest BCUT2D eigenvalue weighted by atomic mass is 35.5. The molecular formula is C9H10ClN3O3. The largest absolute Gasteiger partial charge is 0.508 e. The summed E-state index contributed by atoms with van der Waals surface area (Å²) in [6.07, 6.45) is -2.58. The van der Waals surface area contributed by atoms with Crippen molar-refractivity contribution in [2.24, 2.45) is 5.11 Å². The molecule has 0 saturated heterocycles. The van der Waals surface area contributed by atoms with Crippen LogP contribution in [0.1, 0.15) is 11.7 Å². The van der Waals surface area contributed by atoms with Gasteiger partial charge in [-0.25, -0.2) is 0 Å². The number of aliphatic hydroxyl groups is 2. The molecule has 2 unspecified atom stereocenters. The van der Waals surface area contributed by atoms with Gasteiger partial charge in [-0.3, -0.25) is 0 Å². The van der Waals surface area contributed by atoms with Crippen molar-refractivity contribution in [3.05, 3.63) is 39.2 Å². The van der Waals surface area contributed by atoms with E-state index in [2.05, 4.69) is 10.0 Å². The topological polar surface area (TPSA) is 109 Å². The zero-order valence-electron chi connectivity index (χ0n) is 8.16. The molecule has 0 heterocycles. The predicted octanol–water partition coefficient (Wildman–Crippen LogP) is 1.75. The maximum atomic E-state index is 9.69. The van der Waals surface area contributed by atoms with Crippen LogP contribution < -0.4 is 0 Å². The Labute approximate surface area is 96.3 Å². The van der Waals surface area contributed by atoms with E-state index in [1.54, 1.807) is 0 Å². The second-order valence-corrected chi connectivity index (χ2v) is 3.54. The number of phenolic OH excluding ortho intramolecular Hbond substituents is 1. The van der Waals surface area contributed by atoms with Gasteiger partial charge in [0.05, 0.1) is 12.6 Å². The first-order chi connectivity index (χ1) is 7.56. The Balaban J connectivity index is 2.90. The van der Waals surface area contributed by atoms with Gasteiger partial charge in [-0.1, -0.05) is 16.7 Å². The number of nitrogens with zero attached hydrogens (tertiary/aromatic N) is 3. The molecule has 0 amide bonds. The van der Waals surface area contributed by atoms with Crippen LogP contribution in [0, 0.1) is 0 Å². The Morgan fingerprint density at radius 2 is 2.12 bits per heavy atom. The molecule has 0 fully saturated rings. The van der Waals surface area contributed by atoms with Crippen molar-refractivity contribution in [2.75, 3.05) is 6.54 Å². The Kier molecular flexibility index (Phi) is 4.39. The summed E-state index contributed by atoms with van der Waals surface area (Å²) in [6, 6.07) is 4.00. The van der Waals surface area contributed by atoms with Gasteiger partial charge in [-0.2, -0.15) is 0 Å². The van der Waals surface area contributed by atoms with Crippen molar-refractivity contribution < 1.29 is 15.3 Å². The van der Waals surface area contributed by atoms with Crippen LogP contribution in [0.2, 0.25) is 5.02 Å². The van der Waals surface area contributed by atoms with E-state index in [9.17, 15) is 15.3 Å². The van der Waals surface area contributed by atoms with Crippen LogP contribution >= 0.6 is 11.6 Å². The Hall–Kier alpha value is -1.46. The van der Waals surface area contributed by atoms with E-state index in [1.165, 1.54) is 18.2 Å². The van der Waals surface area contributed by atoms with Gasteiger partial charge in [-0.05, 0) is 23.7 Å². The van der Waals surface area contributed by atoms with E-state index in [4.69, 9.17) is 17.1 Å². The van der Waals surface area contributed by atoms with Gasteiger partial charge in [0.1, 0.15) is 11.9 Å². The standard InChI is InChI=1S/C9H10ClN3O3/c10-7-2-1-5(14)3-6(7)9(16)8(15)4-12-13-11/h1-3,8-9,14-16H,4H2. The molecule has 6 nitrogen and oxygen atoms in total. The molecule has 0 bridgehead atoms. The maximum absolute atomic E-state index is 9.69. The van der Waals surface area contributed by atoms with Gasteiger partial charge in [-0.15, -0.1) is 0 Å². The highest BCUT2D eigenvalue weighted by Crippen LogP contribution is 2.28. The van der Waals surface area contributed by atoms with Crippen LogP contribution in [0.3, 0.4) is 0 Å². The number of aromatic hydroxyl groups is 1. The lowest BCUT2D eigenvalue weighted by atomic mass is 10.0. The number of phenols is 1. The first kappa shape index (κ1) is 12.6. The van der Waals surface area contributed by atoms with Crippen molar-refractivity contribution in [1.29, 1.82) is 0 Å². The summed E-state index contributed by atoms with van der Waals surface area (Å²) in [5.74, 6) is -0.0746. The molecule has 0 aliphatic rings. The molecule has 16 heavy (non-hydrogen) atoms. The minimum atomic E-state index is -1.31. The molecule has 0 spiro atoms. The van der Waals surface area contributed by atoms with Crippen LogP contribution in [0.4, 0.5) is 0 Å². The van der Waals surface area contributed by atoms with Crippen LogP contribution in [0.25, 0.3) is 10.4 Å². The highest BCUT2D eigenvalue weighted by Gasteiger charge is 2.20. The number of halogens is 1. The summed E-state index contributed by atoms with van der Waals surface area (Å²) < 4.78 is 0. The number of hydrogen-bond acceptors (Lipinski definition) is 4. The van der Waals surface area contributed by atoms with Crippen molar-refractivity contribution in [2.45, 2.75) is 12.2 Å². The van der Waals surface area contributed by atoms with Crippen molar-refractivity contribution >= 4 is 11.6 Å². The quantitative estimate of drug-likeness (QED) is 0.426. The molecule has 0 saturated carbocycles. The lowest BCUT2D eigenvalue weighted by molar-refractivity contribution is 0.0243. The molecule has 2 atom stereocenters. The van der Waals surface area contributed by atoms with E-state index in [1.807, 2.05) is 0 Å². The summed E-state index contributed by atoms with van der Waals surface area (Å²) in [4.78, 5) is 2.46. The third kappa shape index (κ3) is 3.01. The molecule has 0 aliphatic carbocycles. The molecule has 1 rings (SSSR count). The van der Waals surface area contributed by atoms with E-state index in [-0.39, 0.29) is 22.9 Å². The minimum Gasteiger partial charge on any atom is -0.508 e. The summed E-state index contributed by atoms with van der Waals surface area (Å²) in [5.41, 5.74) is 8.25. The summed E-state index contributed by atoms with van der Waals surface area (Å²) in [5, 5.41) is 31.7. The van der Waals surface area contributed by atoms with Gasteiger partial charge in [0, 0.05) is 15.5 Å². The van der Waals surface area contributed by atoms with E-state index < -0.39 is 12.2 Å². The molecule has 1 aromatic carbocycles. The minimum absolute atomic E-state index is 0.0746. The first-order valence-corrected chi connectivity index (χ1v) is 4.79. The lowest BCUT2D eigenvalue weighted by Gasteiger charge is -2.17. The van der Waals surface area contributed by atoms with Crippen molar-refractivity contribution in [3.63, 3.8) is 0 Å². The predicted molar refractivity (Wildman–Crippen MR) is 58.1 cm³/mol. The molecule has 1 aromatic rings. The normalized spacial score (nSPS) is 13.9. The molecule has 7 heteroatoms. The smallest absolute Gasteiger partial charge is 0.116 e. The number of benzene rings is 1. The Morgan fingerprint density at radius 3 is 2.75 bits per heavy atom. The number of aliphatic hydroxyl groups excluding tert-OH is 2.